The summed E-state index contributed by atoms with van der Waals surface area (Å²) in [4.78, 5) is 4.04. The Bertz CT molecular complexity index is 267. The molecular weight excluding hydrogens is 178 g/mol. The molecule has 1 aromatic rings. The van der Waals surface area contributed by atoms with Crippen LogP contribution in [-0.2, 0) is 6.42 Å². The van der Waals surface area contributed by atoms with Gasteiger partial charge in [-0.05, 0) is 23.5 Å². The third-order valence-corrected chi connectivity index (χ3v) is 2.30. The molecule has 0 atom stereocenters. The van der Waals surface area contributed by atoms with Crippen LogP contribution in [0, 0.1) is 0 Å². The van der Waals surface area contributed by atoms with Crippen LogP contribution in [0.3, 0.4) is 0 Å². The number of hydrogen-bond acceptors (Lipinski definition) is 2. The molecule has 13 heavy (non-hydrogen) atoms. The normalized spacial score (nSPS) is 10.5. The number of hydrogen-bond donors (Lipinski definition) is 0. The first-order chi connectivity index (χ1) is 6.43. The molecule has 1 rings (SSSR count). The molecule has 0 aliphatic rings. The van der Waals surface area contributed by atoms with E-state index in [0.717, 1.165) is 12.2 Å². The molecule has 0 spiro atoms. The minimum Gasteiger partial charge on any atom is -0.264 e. The highest BCUT2D eigenvalue weighted by Crippen LogP contribution is 2.04. The minimum absolute atomic E-state index is 0.956. The van der Waals surface area contributed by atoms with Crippen molar-refractivity contribution < 1.29 is 0 Å². The largest absolute Gasteiger partial charge is 0.264 e. The Morgan fingerprint density at radius 3 is 3.15 bits per heavy atom. The van der Waals surface area contributed by atoms with Gasteiger partial charge in [-0.15, -0.1) is 18.3 Å². The lowest BCUT2D eigenvalue weighted by molar-refractivity contribution is 1.19. The van der Waals surface area contributed by atoms with Gasteiger partial charge in [0.05, 0.1) is 0 Å². The van der Waals surface area contributed by atoms with Crippen molar-refractivity contribution in [1.29, 1.82) is 0 Å². The van der Waals surface area contributed by atoms with E-state index in [0.29, 0.717) is 0 Å². The Morgan fingerprint density at radius 1 is 1.54 bits per heavy atom. The van der Waals surface area contributed by atoms with Gasteiger partial charge in [-0.2, -0.15) is 0 Å². The summed E-state index contributed by atoms with van der Waals surface area (Å²) in [6.07, 6.45) is 8.68. The summed E-state index contributed by atoms with van der Waals surface area (Å²) in [7, 11) is 0. The number of pyridine rings is 1. The zero-order valence-electron chi connectivity index (χ0n) is 7.52. The Labute approximate surface area is 83.6 Å². The second kappa shape index (κ2) is 6.49. The molecule has 1 heterocycles. The highest BCUT2D eigenvalue weighted by atomic mass is 32.2. The van der Waals surface area contributed by atoms with Gasteiger partial charge in [0.2, 0.25) is 0 Å². The third kappa shape index (κ3) is 4.53. The molecule has 0 unspecified atom stereocenters. The highest BCUT2D eigenvalue weighted by molar-refractivity contribution is 8.02. The van der Waals surface area contributed by atoms with Crippen LogP contribution in [0.25, 0.3) is 0 Å². The van der Waals surface area contributed by atoms with Crippen molar-refractivity contribution in [2.75, 3.05) is 5.75 Å². The van der Waals surface area contributed by atoms with Crippen molar-refractivity contribution in [2.45, 2.75) is 6.42 Å². The zero-order chi connectivity index (χ0) is 9.36. The number of nitrogens with zero attached hydrogens (tertiary/aromatic N) is 1. The van der Waals surface area contributed by atoms with Crippen LogP contribution in [0.1, 0.15) is 5.56 Å². The molecule has 1 aromatic heterocycles. The van der Waals surface area contributed by atoms with Gasteiger partial charge >= 0.3 is 0 Å². The maximum Gasteiger partial charge on any atom is 0.0303 e. The van der Waals surface area contributed by atoms with Crippen molar-refractivity contribution in [1.82, 2.24) is 4.98 Å². The van der Waals surface area contributed by atoms with Crippen LogP contribution in [0.15, 0.2) is 48.7 Å². The zero-order valence-corrected chi connectivity index (χ0v) is 8.33. The molecule has 0 amide bonds. The first kappa shape index (κ1) is 10.1. The van der Waals surface area contributed by atoms with E-state index in [1.165, 1.54) is 5.56 Å². The van der Waals surface area contributed by atoms with Crippen molar-refractivity contribution >= 4 is 11.8 Å². The fraction of sp³-hybridized carbons (Fsp3) is 0.182. The Balaban J connectivity index is 2.26. The van der Waals surface area contributed by atoms with E-state index in [9.17, 15) is 0 Å². The van der Waals surface area contributed by atoms with Crippen LogP contribution in [-0.4, -0.2) is 10.7 Å². The van der Waals surface area contributed by atoms with Gasteiger partial charge in [0, 0.05) is 18.1 Å². The molecular formula is C11H13NS. The summed E-state index contributed by atoms with van der Waals surface area (Å²) >= 11 is 1.75. The second-order valence-corrected chi connectivity index (χ2v) is 3.50. The number of aromatic nitrogens is 1. The summed E-state index contributed by atoms with van der Waals surface area (Å²) in [6.45, 7) is 3.65. The average Bonchev–Trinajstić information content (AvgIpc) is 2.19. The number of rotatable bonds is 5. The lowest BCUT2D eigenvalue weighted by atomic mass is 10.2. The molecule has 0 aromatic carbocycles. The van der Waals surface area contributed by atoms with Gasteiger partial charge in [0.15, 0.2) is 0 Å². The van der Waals surface area contributed by atoms with E-state index in [2.05, 4.69) is 29.1 Å². The molecule has 1 nitrogen and oxygen atoms in total. The molecule has 68 valence electrons. The number of thioether (sulfide) groups is 1. The highest BCUT2D eigenvalue weighted by Gasteiger charge is 1.85. The summed E-state index contributed by atoms with van der Waals surface area (Å²) in [5, 5.41) is 2.11. The SMILES string of the molecule is C=CCSC=CCc1cccnc1. The maximum atomic E-state index is 4.04. The fourth-order valence-corrected chi connectivity index (χ4v) is 1.37. The van der Waals surface area contributed by atoms with Gasteiger partial charge in [0.25, 0.3) is 0 Å². The van der Waals surface area contributed by atoms with Gasteiger partial charge in [-0.3, -0.25) is 4.98 Å². The van der Waals surface area contributed by atoms with Gasteiger partial charge in [0.1, 0.15) is 0 Å². The Kier molecular flexibility index (Phi) is 5.02. The number of allylic oxidation sites excluding steroid dienone is 1. The molecule has 0 aliphatic heterocycles. The molecule has 0 saturated heterocycles. The van der Waals surface area contributed by atoms with E-state index < -0.39 is 0 Å². The Hall–Kier alpha value is -1.02. The lowest BCUT2D eigenvalue weighted by Crippen LogP contribution is -1.80. The predicted octanol–water partition coefficient (Wildman–Crippen LogP) is 3.06. The van der Waals surface area contributed by atoms with Crippen LogP contribution in [0.2, 0.25) is 0 Å². The van der Waals surface area contributed by atoms with Crippen molar-refractivity contribution in [3.05, 3.63) is 54.2 Å². The van der Waals surface area contributed by atoms with Gasteiger partial charge in [-0.1, -0.05) is 18.2 Å². The Morgan fingerprint density at radius 2 is 2.46 bits per heavy atom. The quantitative estimate of drug-likeness (QED) is 0.524. The summed E-state index contributed by atoms with van der Waals surface area (Å²) < 4.78 is 0. The van der Waals surface area contributed by atoms with E-state index >= 15 is 0 Å². The third-order valence-electron chi connectivity index (χ3n) is 1.48. The van der Waals surface area contributed by atoms with Crippen molar-refractivity contribution in [2.24, 2.45) is 0 Å². The van der Waals surface area contributed by atoms with Gasteiger partial charge < -0.3 is 0 Å². The monoisotopic (exact) mass is 191 g/mol. The molecule has 0 radical (unpaired) electrons. The summed E-state index contributed by atoms with van der Waals surface area (Å²) in [5.41, 5.74) is 1.25. The van der Waals surface area contributed by atoms with Crippen molar-refractivity contribution in [3.63, 3.8) is 0 Å². The van der Waals surface area contributed by atoms with Crippen molar-refractivity contribution in [3.8, 4) is 0 Å². The molecule has 0 fully saturated rings. The smallest absolute Gasteiger partial charge is 0.0303 e. The average molecular weight is 191 g/mol. The minimum atomic E-state index is 0.956. The van der Waals surface area contributed by atoms with E-state index in [1.807, 2.05) is 18.3 Å². The van der Waals surface area contributed by atoms with Crippen LogP contribution < -0.4 is 0 Å². The second-order valence-electron chi connectivity index (χ2n) is 2.56. The first-order valence-electron chi connectivity index (χ1n) is 4.20. The molecule has 0 N–H and O–H groups in total. The van der Waals surface area contributed by atoms with Gasteiger partial charge in [-0.25, -0.2) is 0 Å². The topological polar surface area (TPSA) is 12.9 Å². The maximum absolute atomic E-state index is 4.04. The van der Waals surface area contributed by atoms with Crippen LogP contribution in [0.5, 0.6) is 0 Å². The van der Waals surface area contributed by atoms with Crippen LogP contribution >= 0.6 is 11.8 Å². The molecule has 0 saturated carbocycles. The van der Waals surface area contributed by atoms with E-state index in [1.54, 1.807) is 18.0 Å². The lowest BCUT2D eigenvalue weighted by Gasteiger charge is -1.92. The molecule has 2 heteroatoms. The fourth-order valence-electron chi connectivity index (χ4n) is 0.895. The van der Waals surface area contributed by atoms with E-state index in [-0.39, 0.29) is 0 Å². The predicted molar refractivity (Wildman–Crippen MR) is 59.7 cm³/mol. The summed E-state index contributed by atoms with van der Waals surface area (Å²) in [5.74, 6) is 0.976. The molecule has 0 aliphatic carbocycles. The van der Waals surface area contributed by atoms with E-state index in [4.69, 9.17) is 0 Å². The summed E-state index contributed by atoms with van der Waals surface area (Å²) in [6, 6.07) is 4.04. The standard InChI is InChI=1S/C11H13NS/c1-2-8-13-9-4-6-11-5-3-7-12-10-11/h2-5,7,9-10H,1,6,8H2. The molecule has 0 bridgehead atoms. The first-order valence-corrected chi connectivity index (χ1v) is 5.25. The van der Waals surface area contributed by atoms with Crippen LogP contribution in [0.4, 0.5) is 0 Å².